The standard InChI is InChI=1S/C14H13FN2O3S/c15-13-5-1-2-6-14(13)21(18,19)17-9-12(10-17)20-11-4-3-7-16-8-11/h1-8,12H,9-10H2. The molecule has 0 aliphatic carbocycles. The molecule has 21 heavy (non-hydrogen) atoms. The minimum Gasteiger partial charge on any atom is -0.486 e. The molecule has 7 heteroatoms. The third-order valence-corrected chi connectivity index (χ3v) is 5.07. The van der Waals surface area contributed by atoms with Crippen LogP contribution < -0.4 is 4.74 Å². The highest BCUT2D eigenvalue weighted by molar-refractivity contribution is 7.89. The molecule has 0 atom stereocenters. The lowest BCUT2D eigenvalue weighted by Crippen LogP contribution is -2.56. The number of rotatable bonds is 4. The van der Waals surface area contributed by atoms with E-state index >= 15 is 0 Å². The van der Waals surface area contributed by atoms with Crippen LogP contribution in [0.3, 0.4) is 0 Å². The summed E-state index contributed by atoms with van der Waals surface area (Å²) in [7, 11) is -3.80. The van der Waals surface area contributed by atoms with Crippen LogP contribution in [0, 0.1) is 5.82 Å². The summed E-state index contributed by atoms with van der Waals surface area (Å²) >= 11 is 0. The molecule has 0 spiro atoms. The highest BCUT2D eigenvalue weighted by Crippen LogP contribution is 2.25. The van der Waals surface area contributed by atoms with Crippen LogP contribution in [-0.4, -0.2) is 36.9 Å². The SMILES string of the molecule is O=S(=O)(c1ccccc1F)N1CC(Oc2cccnc2)C1. The summed E-state index contributed by atoms with van der Waals surface area (Å²) in [5, 5.41) is 0. The number of ether oxygens (including phenoxy) is 1. The maximum absolute atomic E-state index is 13.6. The Kier molecular flexibility index (Phi) is 3.60. The quantitative estimate of drug-likeness (QED) is 0.862. The lowest BCUT2D eigenvalue weighted by molar-refractivity contribution is 0.0757. The Morgan fingerprint density at radius 3 is 2.62 bits per heavy atom. The van der Waals surface area contributed by atoms with Crippen molar-refractivity contribution in [3.05, 3.63) is 54.6 Å². The second-order valence-electron chi connectivity index (χ2n) is 4.68. The first kappa shape index (κ1) is 14.0. The van der Waals surface area contributed by atoms with Gasteiger partial charge in [-0.3, -0.25) is 4.98 Å². The van der Waals surface area contributed by atoms with Crippen LogP contribution in [0.2, 0.25) is 0 Å². The van der Waals surface area contributed by atoms with E-state index in [9.17, 15) is 12.8 Å². The van der Waals surface area contributed by atoms with Crippen molar-refractivity contribution in [1.82, 2.24) is 9.29 Å². The van der Waals surface area contributed by atoms with Gasteiger partial charge in [0, 0.05) is 6.20 Å². The van der Waals surface area contributed by atoms with E-state index in [1.165, 1.54) is 22.5 Å². The van der Waals surface area contributed by atoms with Crippen molar-refractivity contribution in [1.29, 1.82) is 0 Å². The van der Waals surface area contributed by atoms with Gasteiger partial charge >= 0.3 is 0 Å². The summed E-state index contributed by atoms with van der Waals surface area (Å²) in [5.74, 6) is -0.153. The number of hydrogen-bond donors (Lipinski definition) is 0. The molecule has 5 nitrogen and oxygen atoms in total. The monoisotopic (exact) mass is 308 g/mol. The van der Waals surface area contributed by atoms with E-state index in [1.807, 2.05) is 0 Å². The molecule has 1 saturated heterocycles. The number of sulfonamides is 1. The summed E-state index contributed by atoms with van der Waals surface area (Å²) in [6.07, 6.45) is 2.95. The number of hydrogen-bond acceptors (Lipinski definition) is 4. The maximum atomic E-state index is 13.6. The first-order valence-electron chi connectivity index (χ1n) is 6.39. The van der Waals surface area contributed by atoms with Crippen molar-refractivity contribution < 1.29 is 17.5 Å². The lowest BCUT2D eigenvalue weighted by Gasteiger charge is -2.37. The smallest absolute Gasteiger partial charge is 0.246 e. The van der Waals surface area contributed by atoms with Gasteiger partial charge in [-0.05, 0) is 24.3 Å². The number of halogens is 1. The van der Waals surface area contributed by atoms with Gasteiger partial charge in [-0.25, -0.2) is 12.8 Å². The Labute approximate surface area is 122 Å². The van der Waals surface area contributed by atoms with Gasteiger partial charge < -0.3 is 4.74 Å². The van der Waals surface area contributed by atoms with Gasteiger partial charge in [0.1, 0.15) is 22.6 Å². The largest absolute Gasteiger partial charge is 0.486 e. The lowest BCUT2D eigenvalue weighted by atomic mass is 10.2. The third kappa shape index (κ3) is 2.74. The van der Waals surface area contributed by atoms with Crippen molar-refractivity contribution in [3.8, 4) is 5.75 Å². The van der Waals surface area contributed by atoms with Crippen LogP contribution >= 0.6 is 0 Å². The van der Waals surface area contributed by atoms with E-state index in [0.717, 1.165) is 6.07 Å². The zero-order valence-electron chi connectivity index (χ0n) is 11.0. The van der Waals surface area contributed by atoms with Crippen LogP contribution in [-0.2, 0) is 10.0 Å². The van der Waals surface area contributed by atoms with Gasteiger partial charge in [-0.2, -0.15) is 4.31 Å². The van der Waals surface area contributed by atoms with Gasteiger partial charge in [0.15, 0.2) is 0 Å². The van der Waals surface area contributed by atoms with Gasteiger partial charge in [-0.15, -0.1) is 0 Å². The van der Waals surface area contributed by atoms with Crippen LogP contribution in [0.4, 0.5) is 4.39 Å². The van der Waals surface area contributed by atoms with Gasteiger partial charge in [0.2, 0.25) is 10.0 Å². The molecule has 0 saturated carbocycles. The molecule has 2 aromatic rings. The minimum absolute atomic E-state index is 0.200. The van der Waals surface area contributed by atoms with Crippen LogP contribution in [0.15, 0.2) is 53.7 Å². The molecule has 0 bridgehead atoms. The van der Waals surface area contributed by atoms with Crippen molar-refractivity contribution in [2.24, 2.45) is 0 Å². The Morgan fingerprint density at radius 1 is 1.19 bits per heavy atom. The predicted octanol–water partition coefficient (Wildman–Crippen LogP) is 1.67. The summed E-state index contributed by atoms with van der Waals surface area (Å²) in [6.45, 7) is 0.400. The molecule has 2 heterocycles. The fourth-order valence-electron chi connectivity index (χ4n) is 2.07. The molecule has 0 amide bonds. The second kappa shape index (κ2) is 5.42. The minimum atomic E-state index is -3.80. The Balaban J connectivity index is 1.67. The van der Waals surface area contributed by atoms with Crippen LogP contribution in [0.5, 0.6) is 5.75 Å². The molecule has 1 aliphatic rings. The molecule has 0 radical (unpaired) electrons. The second-order valence-corrected chi connectivity index (χ2v) is 6.59. The third-order valence-electron chi connectivity index (χ3n) is 3.21. The van der Waals surface area contributed by atoms with Crippen molar-refractivity contribution in [2.75, 3.05) is 13.1 Å². The summed E-state index contributed by atoms with van der Waals surface area (Å²) < 4.78 is 44.9. The molecule has 0 unspecified atom stereocenters. The highest BCUT2D eigenvalue weighted by Gasteiger charge is 2.39. The average molecular weight is 308 g/mol. The van der Waals surface area contributed by atoms with E-state index in [0.29, 0.717) is 5.75 Å². The first-order chi connectivity index (χ1) is 10.1. The zero-order valence-corrected chi connectivity index (χ0v) is 11.8. The average Bonchev–Trinajstić information content (AvgIpc) is 2.43. The van der Waals surface area contributed by atoms with Crippen molar-refractivity contribution in [2.45, 2.75) is 11.0 Å². The Bertz CT molecular complexity index is 731. The van der Waals surface area contributed by atoms with Gasteiger partial charge in [0.05, 0.1) is 19.3 Å². The van der Waals surface area contributed by atoms with E-state index in [-0.39, 0.29) is 24.1 Å². The molecule has 110 valence electrons. The van der Waals surface area contributed by atoms with E-state index in [1.54, 1.807) is 24.5 Å². The summed E-state index contributed by atoms with van der Waals surface area (Å²) in [6, 6.07) is 8.84. The van der Waals surface area contributed by atoms with Gasteiger partial charge in [0.25, 0.3) is 0 Å². The Hall–Kier alpha value is -1.99. The number of aromatic nitrogens is 1. The molecule has 1 fully saturated rings. The first-order valence-corrected chi connectivity index (χ1v) is 7.83. The van der Waals surface area contributed by atoms with E-state index < -0.39 is 15.8 Å². The molecule has 1 aromatic carbocycles. The molecule has 1 aromatic heterocycles. The predicted molar refractivity (Wildman–Crippen MR) is 73.8 cm³/mol. The normalized spacial score (nSPS) is 16.4. The zero-order chi connectivity index (χ0) is 14.9. The van der Waals surface area contributed by atoms with E-state index in [2.05, 4.69) is 4.98 Å². The topological polar surface area (TPSA) is 59.5 Å². The van der Waals surface area contributed by atoms with Crippen molar-refractivity contribution in [3.63, 3.8) is 0 Å². The molecule has 1 aliphatic heterocycles. The number of nitrogens with zero attached hydrogens (tertiary/aromatic N) is 2. The summed E-state index contributed by atoms with van der Waals surface area (Å²) in [5.41, 5.74) is 0. The van der Waals surface area contributed by atoms with Gasteiger partial charge in [-0.1, -0.05) is 12.1 Å². The fraction of sp³-hybridized carbons (Fsp3) is 0.214. The Morgan fingerprint density at radius 2 is 1.95 bits per heavy atom. The van der Waals surface area contributed by atoms with E-state index in [4.69, 9.17) is 4.74 Å². The highest BCUT2D eigenvalue weighted by atomic mass is 32.2. The number of pyridine rings is 1. The fourth-order valence-corrected chi connectivity index (χ4v) is 3.64. The van der Waals surface area contributed by atoms with Crippen molar-refractivity contribution >= 4 is 10.0 Å². The molecular weight excluding hydrogens is 295 g/mol. The van der Waals surface area contributed by atoms with Crippen LogP contribution in [0.25, 0.3) is 0 Å². The molecule has 3 rings (SSSR count). The number of benzene rings is 1. The summed E-state index contributed by atoms with van der Waals surface area (Å²) in [4.78, 5) is 3.62. The molecule has 0 N–H and O–H groups in total. The maximum Gasteiger partial charge on any atom is 0.246 e. The molecular formula is C14H13FN2O3S. The van der Waals surface area contributed by atoms with Crippen LogP contribution in [0.1, 0.15) is 0 Å².